The van der Waals surface area contributed by atoms with E-state index in [0.29, 0.717) is 16.7 Å². The second kappa shape index (κ2) is 8.14. The number of carbonyl (C=O) groups is 1. The zero-order chi connectivity index (χ0) is 21.2. The quantitative estimate of drug-likeness (QED) is 0.655. The number of nitrogens with one attached hydrogen (secondary N) is 1. The fourth-order valence-electron chi connectivity index (χ4n) is 2.86. The van der Waals surface area contributed by atoms with Crippen LogP contribution in [-0.2, 0) is 27.9 Å². The zero-order valence-electron chi connectivity index (χ0n) is 16.4. The van der Waals surface area contributed by atoms with Gasteiger partial charge < -0.3 is 5.32 Å². The van der Waals surface area contributed by atoms with E-state index in [0.717, 1.165) is 9.87 Å². The molecule has 3 rings (SSSR count). The van der Waals surface area contributed by atoms with Gasteiger partial charge in [0, 0.05) is 20.6 Å². The largest absolute Gasteiger partial charge is 0.350 e. The molecule has 1 aromatic heterocycles. The Labute approximate surface area is 168 Å². The number of hydrogen-bond donors (Lipinski definition) is 1. The van der Waals surface area contributed by atoms with Crippen molar-refractivity contribution in [2.75, 3.05) is 14.1 Å². The summed E-state index contributed by atoms with van der Waals surface area (Å²) in [6.45, 7) is 1.76. The summed E-state index contributed by atoms with van der Waals surface area (Å²) in [5, 5.41) is 3.21. The molecule has 1 heterocycles. The van der Waals surface area contributed by atoms with E-state index >= 15 is 0 Å². The van der Waals surface area contributed by atoms with Crippen LogP contribution in [0.5, 0.6) is 0 Å². The molecule has 29 heavy (non-hydrogen) atoms. The van der Waals surface area contributed by atoms with Gasteiger partial charge in [0.1, 0.15) is 12.4 Å². The van der Waals surface area contributed by atoms with Gasteiger partial charge in [-0.1, -0.05) is 24.3 Å². The Morgan fingerprint density at radius 1 is 1.10 bits per heavy atom. The second-order valence-electron chi connectivity index (χ2n) is 6.78. The van der Waals surface area contributed by atoms with Crippen LogP contribution in [0, 0.1) is 6.92 Å². The zero-order valence-corrected chi connectivity index (χ0v) is 17.2. The van der Waals surface area contributed by atoms with Gasteiger partial charge in [-0.05, 0) is 36.8 Å². The summed E-state index contributed by atoms with van der Waals surface area (Å²) < 4.78 is 26.7. The second-order valence-corrected chi connectivity index (χ2v) is 8.93. The number of aromatic nitrogens is 2. The first-order valence-corrected chi connectivity index (χ1v) is 10.4. The van der Waals surface area contributed by atoms with Crippen LogP contribution in [0.2, 0.25) is 0 Å². The monoisotopic (exact) mass is 414 g/mol. The molecular formula is C20H22N4O4S. The lowest BCUT2D eigenvalue weighted by atomic mass is 10.2. The Morgan fingerprint density at radius 3 is 2.41 bits per heavy atom. The number of aryl methyl sites for hydroxylation is 1. The lowest BCUT2D eigenvalue weighted by Gasteiger charge is -2.13. The van der Waals surface area contributed by atoms with Crippen LogP contribution in [0.4, 0.5) is 0 Å². The molecule has 0 aliphatic carbocycles. The van der Waals surface area contributed by atoms with Gasteiger partial charge in [-0.2, -0.15) is 0 Å². The molecule has 0 atom stereocenters. The molecule has 3 aromatic rings. The lowest BCUT2D eigenvalue weighted by molar-refractivity contribution is -0.121. The summed E-state index contributed by atoms with van der Waals surface area (Å²) in [4.78, 5) is 29.5. The molecule has 1 amide bonds. The maximum absolute atomic E-state index is 12.6. The highest BCUT2D eigenvalue weighted by Gasteiger charge is 2.16. The Bertz CT molecular complexity index is 1220. The van der Waals surface area contributed by atoms with E-state index in [1.165, 1.54) is 30.8 Å². The van der Waals surface area contributed by atoms with E-state index in [2.05, 4.69) is 10.3 Å². The third-order valence-corrected chi connectivity index (χ3v) is 6.38. The van der Waals surface area contributed by atoms with E-state index in [-0.39, 0.29) is 29.5 Å². The molecule has 0 aliphatic rings. The molecule has 0 bridgehead atoms. The number of amides is 1. The minimum Gasteiger partial charge on any atom is -0.350 e. The third-order valence-electron chi connectivity index (χ3n) is 4.55. The summed E-state index contributed by atoms with van der Waals surface area (Å²) in [5.41, 5.74) is 1.08. The Kier molecular flexibility index (Phi) is 5.81. The highest BCUT2D eigenvalue weighted by Crippen LogP contribution is 2.14. The molecular weight excluding hydrogens is 392 g/mol. The smallest absolute Gasteiger partial charge is 0.261 e. The van der Waals surface area contributed by atoms with E-state index in [1.54, 1.807) is 43.3 Å². The standard InChI is InChI=1S/C20H22N4O4S/c1-14-22-18-7-5-4-6-17(18)20(26)24(14)13-19(25)21-12-15-8-10-16(11-9-15)29(27,28)23(2)3/h4-11H,12-13H2,1-3H3,(H,21,25). The number of hydrogen-bond acceptors (Lipinski definition) is 5. The summed E-state index contributed by atoms with van der Waals surface area (Å²) >= 11 is 0. The lowest BCUT2D eigenvalue weighted by Crippen LogP contribution is -2.33. The van der Waals surface area contributed by atoms with Crippen molar-refractivity contribution < 1.29 is 13.2 Å². The molecule has 0 fully saturated rings. The van der Waals surface area contributed by atoms with Crippen LogP contribution < -0.4 is 10.9 Å². The Hall–Kier alpha value is -3.04. The van der Waals surface area contributed by atoms with Crippen molar-refractivity contribution in [1.29, 1.82) is 0 Å². The predicted molar refractivity (Wildman–Crippen MR) is 110 cm³/mol. The minimum atomic E-state index is -3.49. The highest BCUT2D eigenvalue weighted by atomic mass is 32.2. The molecule has 0 radical (unpaired) electrons. The van der Waals surface area contributed by atoms with Crippen molar-refractivity contribution >= 4 is 26.8 Å². The van der Waals surface area contributed by atoms with Gasteiger partial charge in [0.15, 0.2) is 0 Å². The predicted octanol–water partition coefficient (Wildman–Crippen LogP) is 1.27. The number of benzene rings is 2. The van der Waals surface area contributed by atoms with E-state index < -0.39 is 10.0 Å². The summed E-state index contributed by atoms with van der Waals surface area (Å²) in [7, 11) is -0.558. The number of carbonyl (C=O) groups excluding carboxylic acids is 1. The number of nitrogens with zero attached hydrogens (tertiary/aromatic N) is 3. The molecule has 9 heteroatoms. The van der Waals surface area contributed by atoms with Crippen molar-refractivity contribution in [2.24, 2.45) is 0 Å². The number of fused-ring (bicyclic) bond motifs is 1. The van der Waals surface area contributed by atoms with Gasteiger partial charge in [0.05, 0.1) is 15.8 Å². The van der Waals surface area contributed by atoms with Gasteiger partial charge in [0.25, 0.3) is 5.56 Å². The van der Waals surface area contributed by atoms with Crippen LogP contribution >= 0.6 is 0 Å². The topological polar surface area (TPSA) is 101 Å². The molecule has 152 valence electrons. The van der Waals surface area contributed by atoms with Crippen LogP contribution in [0.15, 0.2) is 58.2 Å². The maximum Gasteiger partial charge on any atom is 0.261 e. The number of rotatable bonds is 6. The first-order valence-electron chi connectivity index (χ1n) is 8.94. The van der Waals surface area contributed by atoms with Crippen LogP contribution in [0.3, 0.4) is 0 Å². The average Bonchev–Trinajstić information content (AvgIpc) is 2.69. The number of para-hydroxylation sites is 1. The molecule has 0 spiro atoms. The average molecular weight is 414 g/mol. The Balaban J connectivity index is 1.69. The summed E-state index contributed by atoms with van der Waals surface area (Å²) in [6.07, 6.45) is 0. The maximum atomic E-state index is 12.6. The first-order chi connectivity index (χ1) is 13.7. The van der Waals surface area contributed by atoms with Crippen molar-refractivity contribution in [2.45, 2.75) is 24.9 Å². The molecule has 0 saturated carbocycles. The van der Waals surface area contributed by atoms with Gasteiger partial charge in [-0.15, -0.1) is 0 Å². The molecule has 1 N–H and O–H groups in total. The van der Waals surface area contributed by atoms with E-state index in [1.807, 2.05) is 0 Å². The summed E-state index contributed by atoms with van der Waals surface area (Å²) in [6, 6.07) is 13.3. The van der Waals surface area contributed by atoms with Gasteiger partial charge in [0.2, 0.25) is 15.9 Å². The number of sulfonamides is 1. The molecule has 0 aliphatic heterocycles. The third kappa shape index (κ3) is 4.36. The normalized spacial score (nSPS) is 11.7. The first kappa shape index (κ1) is 20.7. The Morgan fingerprint density at radius 2 is 1.76 bits per heavy atom. The fourth-order valence-corrected chi connectivity index (χ4v) is 3.76. The fraction of sp³-hybridized carbons (Fsp3) is 0.250. The van der Waals surface area contributed by atoms with E-state index in [4.69, 9.17) is 0 Å². The summed E-state index contributed by atoms with van der Waals surface area (Å²) in [5.74, 6) is 0.124. The van der Waals surface area contributed by atoms with Crippen molar-refractivity contribution in [3.8, 4) is 0 Å². The van der Waals surface area contributed by atoms with Gasteiger partial charge in [-0.3, -0.25) is 14.2 Å². The van der Waals surface area contributed by atoms with Gasteiger partial charge >= 0.3 is 0 Å². The van der Waals surface area contributed by atoms with Crippen LogP contribution in [0.1, 0.15) is 11.4 Å². The molecule has 2 aromatic carbocycles. The van der Waals surface area contributed by atoms with Crippen molar-refractivity contribution in [1.82, 2.24) is 19.2 Å². The van der Waals surface area contributed by atoms with Crippen LogP contribution in [0.25, 0.3) is 10.9 Å². The molecule has 0 unspecified atom stereocenters. The van der Waals surface area contributed by atoms with E-state index in [9.17, 15) is 18.0 Å². The highest BCUT2D eigenvalue weighted by molar-refractivity contribution is 7.89. The molecule has 0 saturated heterocycles. The van der Waals surface area contributed by atoms with Crippen molar-refractivity contribution in [3.63, 3.8) is 0 Å². The SMILES string of the molecule is Cc1nc2ccccc2c(=O)n1CC(=O)NCc1ccc(S(=O)(=O)N(C)C)cc1. The van der Waals surface area contributed by atoms with Crippen LogP contribution in [-0.4, -0.2) is 42.3 Å². The van der Waals surface area contributed by atoms with Gasteiger partial charge in [-0.25, -0.2) is 17.7 Å². The van der Waals surface area contributed by atoms with Crippen molar-refractivity contribution in [3.05, 3.63) is 70.3 Å². The minimum absolute atomic E-state index is 0.143. The molecule has 8 nitrogen and oxygen atoms in total.